The maximum absolute atomic E-state index is 4.91. The predicted molar refractivity (Wildman–Crippen MR) is 93.5 cm³/mol. The molecule has 1 aromatic carbocycles. The number of aromatic nitrogens is 5. The molecule has 1 unspecified atom stereocenters. The van der Waals surface area contributed by atoms with Gasteiger partial charge in [0.25, 0.3) is 0 Å². The van der Waals surface area contributed by atoms with Crippen LogP contribution in [-0.2, 0) is 0 Å². The normalized spacial score (nSPS) is 15.8. The van der Waals surface area contributed by atoms with Crippen molar-refractivity contribution >= 4 is 0 Å². The minimum atomic E-state index is 0.0881. The third-order valence-electron chi connectivity index (χ3n) is 4.60. The Balaban J connectivity index is 1.80. The van der Waals surface area contributed by atoms with Crippen LogP contribution in [0, 0.1) is 0 Å². The zero-order valence-electron chi connectivity index (χ0n) is 14.4. The molecule has 5 heteroatoms. The molecule has 2 heterocycles. The highest BCUT2D eigenvalue weighted by Gasteiger charge is 2.31. The van der Waals surface area contributed by atoms with Gasteiger partial charge in [0, 0.05) is 24.2 Å². The van der Waals surface area contributed by atoms with E-state index in [9.17, 15) is 0 Å². The quantitative estimate of drug-likeness (QED) is 0.711. The summed E-state index contributed by atoms with van der Waals surface area (Å²) in [6.45, 7) is 6.51. The zero-order chi connectivity index (χ0) is 16.7. The lowest BCUT2D eigenvalue weighted by atomic mass is 10.2. The number of para-hydroxylation sites is 1. The summed E-state index contributed by atoms with van der Waals surface area (Å²) in [4.78, 5) is 9.43. The Kier molecular flexibility index (Phi) is 3.71. The number of hydrogen-bond donors (Lipinski definition) is 0. The van der Waals surface area contributed by atoms with Crippen LogP contribution < -0.4 is 0 Å². The summed E-state index contributed by atoms with van der Waals surface area (Å²) in [5, 5.41) is 4.82. The van der Waals surface area contributed by atoms with E-state index in [4.69, 9.17) is 10.1 Å². The first-order valence-corrected chi connectivity index (χ1v) is 8.70. The summed E-state index contributed by atoms with van der Waals surface area (Å²) < 4.78 is 4.22. The van der Waals surface area contributed by atoms with E-state index in [1.54, 1.807) is 0 Å². The molecule has 1 aliphatic carbocycles. The Morgan fingerprint density at radius 1 is 1.04 bits per heavy atom. The molecule has 0 spiro atoms. The summed E-state index contributed by atoms with van der Waals surface area (Å²) in [7, 11) is 0. The van der Waals surface area contributed by atoms with Gasteiger partial charge in [0.2, 0.25) is 0 Å². The summed E-state index contributed by atoms with van der Waals surface area (Å²) >= 11 is 0. The van der Waals surface area contributed by atoms with Crippen molar-refractivity contribution in [3.8, 4) is 5.69 Å². The van der Waals surface area contributed by atoms with Crippen molar-refractivity contribution in [1.82, 2.24) is 24.3 Å². The minimum absolute atomic E-state index is 0.0881. The molecule has 0 saturated heterocycles. The monoisotopic (exact) mass is 321 g/mol. The number of nitrogens with zero attached hydrogens (tertiary/aromatic N) is 5. The predicted octanol–water partition coefficient (Wildman–Crippen LogP) is 4.07. The molecule has 0 aliphatic heterocycles. The molecule has 0 radical (unpaired) electrons. The van der Waals surface area contributed by atoms with Gasteiger partial charge in [-0.15, -0.1) is 0 Å². The van der Waals surface area contributed by atoms with Crippen LogP contribution in [0.5, 0.6) is 0 Å². The molecular formula is C19H23N5. The lowest BCUT2D eigenvalue weighted by Crippen LogP contribution is -2.16. The first-order valence-electron chi connectivity index (χ1n) is 8.70. The van der Waals surface area contributed by atoms with Gasteiger partial charge in [0.05, 0.1) is 11.7 Å². The fourth-order valence-corrected chi connectivity index (χ4v) is 3.11. The van der Waals surface area contributed by atoms with E-state index in [0.29, 0.717) is 11.8 Å². The molecule has 124 valence electrons. The standard InChI is InChI=1S/C19H23N5/c1-13(2)18-20-11-12-23(18)14(3)19-21-17(15-9-10-15)22-24(19)16-7-5-4-6-8-16/h4-8,11-15H,9-10H2,1-3H3. The smallest absolute Gasteiger partial charge is 0.155 e. The molecule has 1 fully saturated rings. The molecule has 3 aromatic rings. The molecule has 24 heavy (non-hydrogen) atoms. The molecule has 0 N–H and O–H groups in total. The zero-order valence-corrected chi connectivity index (χ0v) is 14.4. The van der Waals surface area contributed by atoms with Crippen molar-refractivity contribution in [2.45, 2.75) is 51.5 Å². The maximum atomic E-state index is 4.91. The molecular weight excluding hydrogens is 298 g/mol. The number of hydrogen-bond acceptors (Lipinski definition) is 3. The van der Waals surface area contributed by atoms with Crippen LogP contribution in [-0.4, -0.2) is 24.3 Å². The van der Waals surface area contributed by atoms with Crippen molar-refractivity contribution < 1.29 is 0 Å². The average molecular weight is 321 g/mol. The van der Waals surface area contributed by atoms with Gasteiger partial charge in [0.1, 0.15) is 5.82 Å². The first kappa shape index (κ1) is 15.1. The summed E-state index contributed by atoms with van der Waals surface area (Å²) in [6, 6.07) is 10.4. The van der Waals surface area contributed by atoms with E-state index in [2.05, 4.69) is 42.5 Å². The van der Waals surface area contributed by atoms with Crippen molar-refractivity contribution in [3.63, 3.8) is 0 Å². The van der Waals surface area contributed by atoms with Gasteiger partial charge in [0.15, 0.2) is 11.6 Å². The van der Waals surface area contributed by atoms with Crippen LogP contribution in [0.25, 0.3) is 5.69 Å². The lowest BCUT2D eigenvalue weighted by molar-refractivity contribution is 0.539. The van der Waals surface area contributed by atoms with Crippen LogP contribution in [0.15, 0.2) is 42.7 Å². The second-order valence-corrected chi connectivity index (χ2v) is 6.87. The molecule has 5 nitrogen and oxygen atoms in total. The highest BCUT2D eigenvalue weighted by molar-refractivity contribution is 5.32. The fourth-order valence-electron chi connectivity index (χ4n) is 3.11. The van der Waals surface area contributed by atoms with Gasteiger partial charge < -0.3 is 4.57 Å². The summed E-state index contributed by atoms with van der Waals surface area (Å²) in [6.07, 6.45) is 6.32. The van der Waals surface area contributed by atoms with Crippen molar-refractivity contribution in [2.24, 2.45) is 0 Å². The van der Waals surface area contributed by atoms with Crippen LogP contribution in [0.3, 0.4) is 0 Å². The van der Waals surface area contributed by atoms with Gasteiger partial charge in [-0.2, -0.15) is 5.10 Å². The Morgan fingerprint density at radius 2 is 1.79 bits per heavy atom. The highest BCUT2D eigenvalue weighted by Crippen LogP contribution is 2.39. The van der Waals surface area contributed by atoms with Crippen molar-refractivity contribution in [2.75, 3.05) is 0 Å². The molecule has 2 aromatic heterocycles. The van der Waals surface area contributed by atoms with Gasteiger partial charge in [-0.1, -0.05) is 32.0 Å². The third kappa shape index (κ3) is 2.64. The van der Waals surface area contributed by atoms with E-state index in [1.165, 1.54) is 12.8 Å². The maximum Gasteiger partial charge on any atom is 0.155 e. The molecule has 4 rings (SSSR count). The molecule has 1 aliphatic rings. The first-order chi connectivity index (χ1) is 11.6. The SMILES string of the molecule is CC(C)c1nccn1C(C)c1nc(C2CC2)nn1-c1ccccc1. The summed E-state index contributed by atoms with van der Waals surface area (Å²) in [5.74, 6) is 3.94. The van der Waals surface area contributed by atoms with Crippen LogP contribution >= 0.6 is 0 Å². The lowest BCUT2D eigenvalue weighted by Gasteiger charge is -2.18. The van der Waals surface area contributed by atoms with Crippen LogP contribution in [0.2, 0.25) is 0 Å². The number of benzene rings is 1. The number of imidazole rings is 1. The van der Waals surface area contributed by atoms with Crippen LogP contribution in [0.1, 0.15) is 69.0 Å². The van der Waals surface area contributed by atoms with Gasteiger partial charge in [-0.05, 0) is 31.9 Å². The minimum Gasteiger partial charge on any atom is -0.324 e. The molecule has 0 amide bonds. The van der Waals surface area contributed by atoms with E-state index in [1.807, 2.05) is 35.3 Å². The van der Waals surface area contributed by atoms with Gasteiger partial charge in [-0.3, -0.25) is 0 Å². The fraction of sp³-hybridized carbons (Fsp3) is 0.421. The summed E-state index contributed by atoms with van der Waals surface area (Å²) in [5.41, 5.74) is 1.06. The second kappa shape index (κ2) is 5.89. The van der Waals surface area contributed by atoms with E-state index >= 15 is 0 Å². The third-order valence-corrected chi connectivity index (χ3v) is 4.60. The second-order valence-electron chi connectivity index (χ2n) is 6.87. The van der Waals surface area contributed by atoms with Gasteiger partial charge in [-0.25, -0.2) is 14.6 Å². The topological polar surface area (TPSA) is 48.5 Å². The largest absolute Gasteiger partial charge is 0.324 e. The highest BCUT2D eigenvalue weighted by atomic mass is 15.4. The van der Waals surface area contributed by atoms with E-state index in [-0.39, 0.29) is 6.04 Å². The van der Waals surface area contributed by atoms with Crippen LogP contribution in [0.4, 0.5) is 0 Å². The molecule has 0 bridgehead atoms. The Morgan fingerprint density at radius 3 is 2.46 bits per heavy atom. The van der Waals surface area contributed by atoms with E-state index < -0.39 is 0 Å². The Hall–Kier alpha value is -2.43. The average Bonchev–Trinajstić information content (AvgIpc) is 3.16. The Labute approximate surface area is 142 Å². The van der Waals surface area contributed by atoms with Crippen molar-refractivity contribution in [3.05, 3.63) is 60.2 Å². The van der Waals surface area contributed by atoms with E-state index in [0.717, 1.165) is 23.2 Å². The van der Waals surface area contributed by atoms with Gasteiger partial charge >= 0.3 is 0 Å². The molecule has 1 atom stereocenters. The number of rotatable bonds is 5. The van der Waals surface area contributed by atoms with Crippen molar-refractivity contribution in [1.29, 1.82) is 0 Å². The molecule has 1 saturated carbocycles. The Bertz CT molecular complexity index is 827.